The van der Waals surface area contributed by atoms with Crippen LogP contribution in [0.2, 0.25) is 0 Å². The minimum Gasteiger partial charge on any atom is -0.481 e. The second kappa shape index (κ2) is 6.05. The second-order valence-electron chi connectivity index (χ2n) is 7.25. The van der Waals surface area contributed by atoms with E-state index in [2.05, 4.69) is 19.2 Å². The van der Waals surface area contributed by atoms with E-state index >= 15 is 0 Å². The summed E-state index contributed by atoms with van der Waals surface area (Å²) in [5.74, 6) is 0.0784. The number of nitrogens with one attached hydrogen (secondary N) is 1. The van der Waals surface area contributed by atoms with Crippen molar-refractivity contribution >= 4 is 5.97 Å². The Morgan fingerprint density at radius 1 is 1.33 bits per heavy atom. The molecule has 0 amide bonds. The van der Waals surface area contributed by atoms with E-state index in [-0.39, 0.29) is 0 Å². The molecule has 0 spiro atoms. The average molecular weight is 255 g/mol. The first-order valence-electron chi connectivity index (χ1n) is 7.17. The van der Waals surface area contributed by atoms with Crippen molar-refractivity contribution in [3.05, 3.63) is 0 Å². The van der Waals surface area contributed by atoms with Crippen LogP contribution in [0.4, 0.5) is 0 Å². The van der Waals surface area contributed by atoms with Gasteiger partial charge in [0.05, 0.1) is 5.41 Å². The van der Waals surface area contributed by atoms with E-state index in [4.69, 9.17) is 5.11 Å². The van der Waals surface area contributed by atoms with E-state index in [0.29, 0.717) is 11.8 Å². The van der Waals surface area contributed by atoms with E-state index in [1.165, 1.54) is 25.7 Å². The molecule has 0 aliphatic heterocycles. The van der Waals surface area contributed by atoms with E-state index in [1.54, 1.807) is 13.8 Å². The first-order chi connectivity index (χ1) is 8.23. The van der Waals surface area contributed by atoms with Crippen LogP contribution in [0.3, 0.4) is 0 Å². The molecule has 0 saturated heterocycles. The van der Waals surface area contributed by atoms with Gasteiger partial charge in [0.15, 0.2) is 0 Å². The molecule has 0 unspecified atom stereocenters. The fourth-order valence-corrected chi connectivity index (χ4v) is 2.48. The van der Waals surface area contributed by atoms with Gasteiger partial charge in [0, 0.05) is 0 Å². The zero-order valence-electron chi connectivity index (χ0n) is 12.4. The highest BCUT2D eigenvalue weighted by Gasteiger charge is 2.28. The van der Waals surface area contributed by atoms with Gasteiger partial charge in [-0.2, -0.15) is 0 Å². The number of carbonyl (C=O) groups is 1. The third-order valence-electron chi connectivity index (χ3n) is 4.40. The summed E-state index contributed by atoms with van der Waals surface area (Å²) in [6, 6.07) is 0. The van der Waals surface area contributed by atoms with Gasteiger partial charge in [-0.05, 0) is 70.4 Å². The normalized spacial score (nSPS) is 20.9. The Bertz CT molecular complexity index is 274. The summed E-state index contributed by atoms with van der Waals surface area (Å²) in [6.45, 7) is 10.1. The van der Waals surface area contributed by atoms with Gasteiger partial charge in [-0.15, -0.1) is 0 Å². The third kappa shape index (κ3) is 4.97. The zero-order chi connectivity index (χ0) is 13.8. The molecule has 2 N–H and O–H groups in total. The Hall–Kier alpha value is -0.570. The lowest BCUT2D eigenvalue weighted by molar-refractivity contribution is -0.147. The molecular weight excluding hydrogens is 226 g/mol. The maximum atomic E-state index is 11.0. The van der Waals surface area contributed by atoms with Crippen molar-refractivity contribution in [2.75, 3.05) is 13.1 Å². The van der Waals surface area contributed by atoms with Gasteiger partial charge in [0.1, 0.15) is 0 Å². The molecule has 0 aromatic heterocycles. The Labute approximate surface area is 111 Å². The van der Waals surface area contributed by atoms with Crippen LogP contribution >= 0.6 is 0 Å². The van der Waals surface area contributed by atoms with E-state index < -0.39 is 11.4 Å². The highest BCUT2D eigenvalue weighted by molar-refractivity contribution is 5.73. The van der Waals surface area contributed by atoms with Gasteiger partial charge in [-0.3, -0.25) is 4.79 Å². The van der Waals surface area contributed by atoms with Crippen LogP contribution in [0.25, 0.3) is 0 Å². The molecule has 0 heterocycles. The number of carboxylic acids is 1. The topological polar surface area (TPSA) is 49.3 Å². The summed E-state index contributed by atoms with van der Waals surface area (Å²) in [6.07, 6.45) is 5.95. The van der Waals surface area contributed by atoms with Gasteiger partial charge in [0.25, 0.3) is 0 Å². The lowest BCUT2D eigenvalue weighted by Crippen LogP contribution is -2.33. The Kier molecular flexibility index (Phi) is 5.20. The molecule has 0 bridgehead atoms. The second-order valence-corrected chi connectivity index (χ2v) is 7.25. The van der Waals surface area contributed by atoms with Crippen molar-refractivity contribution < 1.29 is 9.90 Å². The van der Waals surface area contributed by atoms with Crippen LogP contribution in [-0.2, 0) is 4.79 Å². The van der Waals surface area contributed by atoms with Crippen molar-refractivity contribution in [2.45, 2.75) is 59.8 Å². The van der Waals surface area contributed by atoms with Gasteiger partial charge < -0.3 is 10.4 Å². The van der Waals surface area contributed by atoms with Crippen LogP contribution in [-0.4, -0.2) is 24.2 Å². The van der Waals surface area contributed by atoms with Crippen LogP contribution < -0.4 is 5.32 Å². The Morgan fingerprint density at radius 2 is 1.89 bits per heavy atom. The van der Waals surface area contributed by atoms with Gasteiger partial charge in [-0.1, -0.05) is 13.8 Å². The average Bonchev–Trinajstić information content (AvgIpc) is 2.26. The highest BCUT2D eigenvalue weighted by atomic mass is 16.4. The SMILES string of the molecule is CC1(C)CCC(CNCCC(C)(C)C(=O)O)CC1. The summed E-state index contributed by atoms with van der Waals surface area (Å²) < 4.78 is 0. The summed E-state index contributed by atoms with van der Waals surface area (Å²) >= 11 is 0. The predicted molar refractivity (Wildman–Crippen MR) is 74.6 cm³/mol. The Balaban J connectivity index is 2.14. The number of rotatable bonds is 6. The van der Waals surface area contributed by atoms with Crippen LogP contribution in [0.15, 0.2) is 0 Å². The number of aliphatic carboxylic acids is 1. The number of hydrogen-bond donors (Lipinski definition) is 2. The monoisotopic (exact) mass is 255 g/mol. The summed E-state index contributed by atoms with van der Waals surface area (Å²) in [5.41, 5.74) is -0.0800. The van der Waals surface area contributed by atoms with Crippen molar-refractivity contribution in [2.24, 2.45) is 16.7 Å². The van der Waals surface area contributed by atoms with Crippen molar-refractivity contribution in [3.8, 4) is 0 Å². The molecule has 0 radical (unpaired) electrons. The molecule has 3 heteroatoms. The van der Waals surface area contributed by atoms with Gasteiger partial charge in [-0.25, -0.2) is 0 Å². The largest absolute Gasteiger partial charge is 0.481 e. The Morgan fingerprint density at radius 3 is 2.39 bits per heavy atom. The van der Waals surface area contributed by atoms with Crippen LogP contribution in [0.1, 0.15) is 59.8 Å². The molecule has 3 nitrogen and oxygen atoms in total. The maximum Gasteiger partial charge on any atom is 0.309 e. The van der Waals surface area contributed by atoms with E-state index in [9.17, 15) is 4.79 Å². The lowest BCUT2D eigenvalue weighted by Gasteiger charge is -2.34. The third-order valence-corrected chi connectivity index (χ3v) is 4.40. The molecule has 1 aliphatic carbocycles. The maximum absolute atomic E-state index is 11.0. The molecule has 1 fully saturated rings. The van der Waals surface area contributed by atoms with Gasteiger partial charge >= 0.3 is 5.97 Å². The van der Waals surface area contributed by atoms with E-state index in [0.717, 1.165) is 19.0 Å². The molecule has 106 valence electrons. The molecule has 1 rings (SSSR count). The van der Waals surface area contributed by atoms with Crippen molar-refractivity contribution in [1.82, 2.24) is 5.32 Å². The molecule has 0 aromatic carbocycles. The first kappa shape index (κ1) is 15.5. The lowest BCUT2D eigenvalue weighted by atomic mass is 9.73. The van der Waals surface area contributed by atoms with Gasteiger partial charge in [0.2, 0.25) is 0 Å². The molecule has 0 atom stereocenters. The fourth-order valence-electron chi connectivity index (χ4n) is 2.48. The smallest absolute Gasteiger partial charge is 0.309 e. The molecule has 1 saturated carbocycles. The fraction of sp³-hybridized carbons (Fsp3) is 0.933. The van der Waals surface area contributed by atoms with Crippen LogP contribution in [0.5, 0.6) is 0 Å². The number of carboxylic acid groups (broad SMARTS) is 1. The van der Waals surface area contributed by atoms with E-state index in [1.807, 2.05) is 0 Å². The first-order valence-corrected chi connectivity index (χ1v) is 7.17. The molecular formula is C15H29NO2. The minimum atomic E-state index is -0.705. The molecule has 1 aliphatic rings. The standard InChI is InChI=1S/C15H29NO2/c1-14(2)7-5-12(6-8-14)11-16-10-9-15(3,4)13(17)18/h12,16H,5-11H2,1-4H3,(H,17,18). The zero-order valence-corrected chi connectivity index (χ0v) is 12.4. The highest BCUT2D eigenvalue weighted by Crippen LogP contribution is 2.37. The summed E-state index contributed by atoms with van der Waals surface area (Å²) in [4.78, 5) is 11.0. The van der Waals surface area contributed by atoms with Crippen molar-refractivity contribution in [3.63, 3.8) is 0 Å². The van der Waals surface area contributed by atoms with Crippen LogP contribution in [0, 0.1) is 16.7 Å². The quantitative estimate of drug-likeness (QED) is 0.716. The molecule has 0 aromatic rings. The minimum absolute atomic E-state index is 0.530. The summed E-state index contributed by atoms with van der Waals surface area (Å²) in [5, 5.41) is 12.4. The molecule has 18 heavy (non-hydrogen) atoms. The summed E-state index contributed by atoms with van der Waals surface area (Å²) in [7, 11) is 0. The van der Waals surface area contributed by atoms with Crippen molar-refractivity contribution in [1.29, 1.82) is 0 Å². The number of hydrogen-bond acceptors (Lipinski definition) is 2. The predicted octanol–water partition coefficient (Wildman–Crippen LogP) is 3.29.